The Hall–Kier alpha value is -0.0400. The first-order chi connectivity index (χ1) is 3.68. The molecule has 48 valence electrons. The van der Waals surface area contributed by atoms with Crippen molar-refractivity contribution in [2.75, 3.05) is 13.7 Å². The van der Waals surface area contributed by atoms with Crippen LogP contribution >= 0.6 is 22.9 Å². The minimum atomic E-state index is -0.431. The summed E-state index contributed by atoms with van der Waals surface area (Å²) >= 11 is 1.83. The molecule has 0 saturated carbocycles. The molecule has 0 aliphatic rings. The number of nitrogens with two attached hydrogens (primary N) is 1. The van der Waals surface area contributed by atoms with Gasteiger partial charge >= 0.3 is 6.03 Å². The van der Waals surface area contributed by atoms with E-state index < -0.39 is 6.03 Å². The van der Waals surface area contributed by atoms with Gasteiger partial charge in [0, 0.05) is 0 Å². The molecule has 0 bridgehead atoms. The van der Waals surface area contributed by atoms with E-state index in [0.717, 1.165) is 0 Å². The molecule has 0 aromatic heterocycles. The largest absolute Gasteiger partial charge is 0.351 e. The van der Waals surface area contributed by atoms with Crippen LogP contribution in [0.1, 0.15) is 0 Å². The lowest BCUT2D eigenvalue weighted by atomic mass is 10.9. The Balaban J connectivity index is 3.32. The summed E-state index contributed by atoms with van der Waals surface area (Å²) in [7, 11) is 1.74. The molecule has 5 heteroatoms. The molecule has 2 amide bonds. The Morgan fingerprint density at radius 3 is 2.62 bits per heavy atom. The van der Waals surface area contributed by atoms with Crippen LogP contribution in [0, 0.1) is 0 Å². The van der Waals surface area contributed by atoms with E-state index in [1.54, 1.807) is 7.05 Å². The number of halogens is 1. The second kappa shape index (κ2) is 3.90. The number of nitrogens with one attached hydrogen (secondary N) is 1. The van der Waals surface area contributed by atoms with Crippen molar-refractivity contribution in [2.45, 2.75) is 0 Å². The Morgan fingerprint density at radius 2 is 2.50 bits per heavy atom. The van der Waals surface area contributed by atoms with Crippen LogP contribution in [-0.2, 0) is 0 Å². The summed E-state index contributed by atoms with van der Waals surface area (Å²) in [6.45, 7) is 0.482. The van der Waals surface area contributed by atoms with E-state index >= 15 is 0 Å². The van der Waals surface area contributed by atoms with Crippen molar-refractivity contribution < 1.29 is 4.79 Å². The van der Waals surface area contributed by atoms with Crippen LogP contribution in [0.4, 0.5) is 4.79 Å². The molecule has 0 saturated heterocycles. The Kier molecular flexibility index (Phi) is 3.88. The van der Waals surface area contributed by atoms with E-state index in [0.29, 0.717) is 6.67 Å². The van der Waals surface area contributed by atoms with Gasteiger partial charge in [0.25, 0.3) is 0 Å². The van der Waals surface area contributed by atoms with Crippen molar-refractivity contribution >= 4 is 28.9 Å². The summed E-state index contributed by atoms with van der Waals surface area (Å²) in [4.78, 5) is 10.2. The van der Waals surface area contributed by atoms with Crippen LogP contribution in [0.25, 0.3) is 0 Å². The third-order valence-corrected chi connectivity index (χ3v) is 1.35. The minimum Gasteiger partial charge on any atom is -0.351 e. The van der Waals surface area contributed by atoms with E-state index in [1.165, 1.54) is 3.11 Å². The van der Waals surface area contributed by atoms with Crippen molar-refractivity contribution in [1.29, 1.82) is 0 Å². The molecule has 4 nitrogen and oxygen atoms in total. The topological polar surface area (TPSA) is 58.4 Å². The fourth-order valence-electron chi connectivity index (χ4n) is 0.217. The van der Waals surface area contributed by atoms with Gasteiger partial charge in [0.2, 0.25) is 0 Å². The van der Waals surface area contributed by atoms with Crippen LogP contribution in [0.15, 0.2) is 0 Å². The summed E-state index contributed by atoms with van der Waals surface area (Å²) in [5.41, 5.74) is 4.86. The van der Waals surface area contributed by atoms with Crippen molar-refractivity contribution in [3.05, 3.63) is 0 Å². The summed E-state index contributed by atoms with van der Waals surface area (Å²) < 4.78 is 1.34. The van der Waals surface area contributed by atoms with Gasteiger partial charge in [-0.2, -0.15) is 0 Å². The minimum absolute atomic E-state index is 0.431. The van der Waals surface area contributed by atoms with Gasteiger partial charge in [0.1, 0.15) is 0 Å². The molecule has 0 rings (SSSR count). The van der Waals surface area contributed by atoms with Crippen molar-refractivity contribution in [2.24, 2.45) is 5.73 Å². The van der Waals surface area contributed by atoms with Crippen molar-refractivity contribution in [3.8, 4) is 0 Å². The molecule has 0 aromatic rings. The van der Waals surface area contributed by atoms with Gasteiger partial charge in [-0.1, -0.05) is 0 Å². The lowest BCUT2D eigenvalue weighted by Crippen LogP contribution is -2.33. The Labute approximate surface area is 61.9 Å². The maximum atomic E-state index is 10.2. The molecule has 3 N–H and O–H groups in total. The number of hydrogen-bond donors (Lipinski definition) is 2. The van der Waals surface area contributed by atoms with Crippen LogP contribution in [0.2, 0.25) is 0 Å². The molecule has 0 heterocycles. The molecule has 0 aliphatic carbocycles. The lowest BCUT2D eigenvalue weighted by molar-refractivity contribution is 0.237. The van der Waals surface area contributed by atoms with Crippen molar-refractivity contribution in [1.82, 2.24) is 8.43 Å². The predicted molar refractivity (Wildman–Crippen MR) is 39.4 cm³/mol. The second-order valence-electron chi connectivity index (χ2n) is 1.21. The molecule has 0 atom stereocenters. The third kappa shape index (κ3) is 3.03. The lowest BCUT2D eigenvalue weighted by Gasteiger charge is -2.08. The molecular weight excluding hydrogens is 221 g/mol. The zero-order valence-electron chi connectivity index (χ0n) is 4.52. The first-order valence-corrected chi connectivity index (χ1v) is 3.02. The molecular formula is C3H8IN3O. The maximum absolute atomic E-state index is 10.2. The third-order valence-electron chi connectivity index (χ3n) is 0.536. The summed E-state index contributed by atoms with van der Waals surface area (Å²) in [6.07, 6.45) is 0. The predicted octanol–water partition coefficient (Wildman–Crippen LogP) is -0.106. The molecule has 0 radical (unpaired) electrons. The number of carbonyl (C=O) groups is 1. The average Bonchev–Trinajstić information content (AvgIpc) is 1.67. The van der Waals surface area contributed by atoms with Gasteiger partial charge < -0.3 is 11.1 Å². The van der Waals surface area contributed by atoms with E-state index in [-0.39, 0.29) is 0 Å². The number of rotatable bonds is 2. The summed E-state index contributed by atoms with van der Waals surface area (Å²) in [5, 5.41) is 2.77. The van der Waals surface area contributed by atoms with Gasteiger partial charge in [-0.3, -0.25) is 3.11 Å². The molecule has 0 spiro atoms. The monoisotopic (exact) mass is 229 g/mol. The smallest absolute Gasteiger partial charge is 0.324 e. The number of hydrogen-bond acceptors (Lipinski definition) is 2. The maximum Gasteiger partial charge on any atom is 0.324 e. The first-order valence-electron chi connectivity index (χ1n) is 2.06. The highest BCUT2D eigenvalue weighted by atomic mass is 127. The molecule has 0 aliphatic heterocycles. The Morgan fingerprint density at radius 1 is 2.00 bits per heavy atom. The molecule has 8 heavy (non-hydrogen) atoms. The zero-order chi connectivity index (χ0) is 6.57. The number of amides is 2. The van der Waals surface area contributed by atoms with Crippen LogP contribution in [0.3, 0.4) is 0 Å². The van der Waals surface area contributed by atoms with Gasteiger partial charge in [0.15, 0.2) is 0 Å². The van der Waals surface area contributed by atoms with E-state index in [1.807, 2.05) is 22.9 Å². The normalized spacial score (nSPS) is 8.75. The van der Waals surface area contributed by atoms with Crippen LogP contribution < -0.4 is 11.1 Å². The van der Waals surface area contributed by atoms with Crippen LogP contribution in [0.5, 0.6) is 0 Å². The molecule has 0 fully saturated rings. The quantitative estimate of drug-likeness (QED) is 0.394. The first kappa shape index (κ1) is 7.96. The van der Waals surface area contributed by atoms with Gasteiger partial charge in [-0.25, -0.2) is 4.79 Å². The van der Waals surface area contributed by atoms with Gasteiger partial charge in [0.05, 0.1) is 29.5 Å². The highest BCUT2D eigenvalue weighted by Crippen LogP contribution is 1.92. The van der Waals surface area contributed by atoms with E-state index in [4.69, 9.17) is 5.73 Å². The standard InChI is InChI=1S/C3H8IN3O/c1-6-2-7(4)3(5)8/h6H,2H2,1H3,(H2,5,8). The van der Waals surface area contributed by atoms with Crippen LogP contribution in [-0.4, -0.2) is 22.9 Å². The van der Waals surface area contributed by atoms with Gasteiger partial charge in [-0.05, 0) is 7.05 Å². The molecule has 0 unspecified atom stereocenters. The number of primary amides is 1. The number of nitrogens with zero attached hydrogens (tertiary/aromatic N) is 1. The number of carbonyl (C=O) groups excluding carboxylic acids is 1. The van der Waals surface area contributed by atoms with E-state index in [2.05, 4.69) is 5.32 Å². The van der Waals surface area contributed by atoms with Gasteiger partial charge in [-0.15, -0.1) is 0 Å². The molecule has 0 aromatic carbocycles. The Bertz CT molecular complexity index is 86.6. The fourth-order valence-corrected chi connectivity index (χ4v) is 0.558. The van der Waals surface area contributed by atoms with E-state index in [9.17, 15) is 4.79 Å². The number of urea groups is 1. The highest BCUT2D eigenvalue weighted by molar-refractivity contribution is 14.1. The summed E-state index contributed by atoms with van der Waals surface area (Å²) in [6, 6.07) is -0.431. The SMILES string of the molecule is CNCN(I)C(N)=O. The fraction of sp³-hybridized carbons (Fsp3) is 0.667. The zero-order valence-corrected chi connectivity index (χ0v) is 6.68. The summed E-state index contributed by atoms with van der Waals surface area (Å²) in [5.74, 6) is 0. The van der Waals surface area contributed by atoms with Crippen molar-refractivity contribution in [3.63, 3.8) is 0 Å². The average molecular weight is 229 g/mol. The highest BCUT2D eigenvalue weighted by Gasteiger charge is 1.99. The second-order valence-corrected chi connectivity index (χ2v) is 2.38.